The van der Waals surface area contributed by atoms with Crippen LogP contribution in [-0.4, -0.2) is 25.0 Å². The van der Waals surface area contributed by atoms with Crippen LogP contribution in [0.4, 0.5) is 5.69 Å². The highest BCUT2D eigenvalue weighted by molar-refractivity contribution is 7.12. The topological polar surface area (TPSA) is 58.6 Å². The van der Waals surface area contributed by atoms with E-state index in [1.807, 2.05) is 29.6 Å². The molecule has 1 atom stereocenters. The van der Waals surface area contributed by atoms with Gasteiger partial charge in [0.2, 0.25) is 0 Å². The van der Waals surface area contributed by atoms with E-state index < -0.39 is 6.10 Å². The largest absolute Gasteiger partial charge is 0.479 e. The molecule has 0 bridgehead atoms. The second-order valence-corrected chi connectivity index (χ2v) is 6.07. The van der Waals surface area contributed by atoms with Crippen LogP contribution in [0.15, 0.2) is 35.7 Å². The summed E-state index contributed by atoms with van der Waals surface area (Å²) in [5.74, 6) is 0.511. The van der Waals surface area contributed by atoms with Crippen molar-refractivity contribution in [3.05, 3.63) is 46.2 Å². The van der Waals surface area contributed by atoms with E-state index in [0.717, 1.165) is 11.3 Å². The monoisotopic (exact) mass is 316 g/mol. The van der Waals surface area contributed by atoms with Gasteiger partial charge >= 0.3 is 0 Å². The number of amides is 2. The molecule has 1 aliphatic rings. The minimum Gasteiger partial charge on any atom is -0.479 e. The molecule has 22 heavy (non-hydrogen) atoms. The molecule has 0 saturated carbocycles. The highest BCUT2D eigenvalue weighted by Crippen LogP contribution is 2.33. The molecule has 0 spiro atoms. The summed E-state index contributed by atoms with van der Waals surface area (Å²) in [6.45, 7) is 2.14. The fraction of sp³-hybridized carbons (Fsp3) is 0.250. The van der Waals surface area contributed by atoms with Crippen LogP contribution in [0, 0.1) is 0 Å². The summed E-state index contributed by atoms with van der Waals surface area (Å²) in [6, 6.07) is 9.23. The number of carbonyl (C=O) groups excluding carboxylic acids is 2. The van der Waals surface area contributed by atoms with Gasteiger partial charge in [-0.25, -0.2) is 0 Å². The highest BCUT2D eigenvalue weighted by atomic mass is 32.1. The molecule has 0 radical (unpaired) electrons. The van der Waals surface area contributed by atoms with E-state index in [4.69, 9.17) is 4.74 Å². The number of benzene rings is 1. The highest BCUT2D eigenvalue weighted by Gasteiger charge is 2.28. The van der Waals surface area contributed by atoms with Crippen LogP contribution in [-0.2, 0) is 11.3 Å². The molecule has 2 aromatic rings. The lowest BCUT2D eigenvalue weighted by Crippen LogP contribution is -2.42. The Kier molecular flexibility index (Phi) is 3.85. The number of fused-ring (bicyclic) bond motifs is 1. The number of hydrogen-bond donors (Lipinski definition) is 1. The lowest BCUT2D eigenvalue weighted by atomic mass is 10.1. The van der Waals surface area contributed by atoms with Gasteiger partial charge in [-0.15, -0.1) is 11.3 Å². The normalized spacial score (nSPS) is 16.9. The first-order chi connectivity index (χ1) is 10.6. The van der Waals surface area contributed by atoms with Crippen molar-refractivity contribution in [1.29, 1.82) is 0 Å². The Labute approximate surface area is 132 Å². The average molecular weight is 316 g/mol. The van der Waals surface area contributed by atoms with Crippen LogP contribution in [0.5, 0.6) is 5.75 Å². The van der Waals surface area contributed by atoms with Gasteiger partial charge in [0, 0.05) is 13.6 Å². The average Bonchev–Trinajstić information content (AvgIpc) is 3.05. The molecule has 6 heteroatoms. The summed E-state index contributed by atoms with van der Waals surface area (Å²) in [5.41, 5.74) is 1.65. The summed E-state index contributed by atoms with van der Waals surface area (Å²) < 4.78 is 5.58. The van der Waals surface area contributed by atoms with Crippen molar-refractivity contribution in [3.8, 4) is 5.75 Å². The Morgan fingerprint density at radius 2 is 2.23 bits per heavy atom. The number of thiophene rings is 1. The zero-order valence-electron chi connectivity index (χ0n) is 12.3. The van der Waals surface area contributed by atoms with Crippen molar-refractivity contribution in [2.45, 2.75) is 19.6 Å². The van der Waals surface area contributed by atoms with Crippen molar-refractivity contribution in [2.24, 2.45) is 0 Å². The summed E-state index contributed by atoms with van der Waals surface area (Å²) in [6.07, 6.45) is -0.470. The molecule has 114 valence electrons. The van der Waals surface area contributed by atoms with Crippen molar-refractivity contribution >= 4 is 28.8 Å². The Balaban J connectivity index is 1.74. The fourth-order valence-electron chi connectivity index (χ4n) is 2.34. The second-order valence-electron chi connectivity index (χ2n) is 5.12. The molecular weight excluding hydrogens is 300 g/mol. The van der Waals surface area contributed by atoms with Gasteiger partial charge in [0.25, 0.3) is 11.8 Å². The van der Waals surface area contributed by atoms with Gasteiger partial charge in [0.15, 0.2) is 6.10 Å². The maximum absolute atomic E-state index is 12.0. The van der Waals surface area contributed by atoms with E-state index in [9.17, 15) is 9.59 Å². The van der Waals surface area contributed by atoms with E-state index in [1.165, 1.54) is 11.3 Å². The standard InChI is InChI=1S/C16H16N2O3S/c1-10-16(20)18(2)12-8-11(5-6-13(12)21-10)9-17-15(19)14-4-3-7-22-14/h3-8,10H,9H2,1-2H3,(H,17,19). The molecule has 1 aromatic heterocycles. The Bertz CT molecular complexity index is 712. The van der Waals surface area contributed by atoms with Gasteiger partial charge in [-0.2, -0.15) is 0 Å². The SMILES string of the molecule is CC1Oc2ccc(CNC(=O)c3cccs3)cc2N(C)C1=O. The molecule has 3 rings (SSSR count). The zero-order valence-corrected chi connectivity index (χ0v) is 13.1. The van der Waals surface area contributed by atoms with Crippen molar-refractivity contribution in [3.63, 3.8) is 0 Å². The lowest BCUT2D eigenvalue weighted by Gasteiger charge is -2.30. The number of likely N-dealkylation sites (N-methyl/N-ethyl adjacent to an activating group) is 1. The third-order valence-electron chi connectivity index (χ3n) is 3.56. The minimum atomic E-state index is -0.470. The van der Waals surface area contributed by atoms with Crippen molar-refractivity contribution in [1.82, 2.24) is 5.32 Å². The number of hydrogen-bond acceptors (Lipinski definition) is 4. The van der Waals surface area contributed by atoms with E-state index >= 15 is 0 Å². The van der Waals surface area contributed by atoms with Gasteiger partial charge < -0.3 is 15.0 Å². The predicted molar refractivity (Wildman–Crippen MR) is 85.4 cm³/mol. The maximum atomic E-state index is 12.0. The summed E-state index contributed by atoms with van der Waals surface area (Å²) in [4.78, 5) is 26.2. The Hall–Kier alpha value is -2.34. The smallest absolute Gasteiger partial charge is 0.267 e. The number of nitrogens with zero attached hydrogens (tertiary/aromatic N) is 1. The first-order valence-electron chi connectivity index (χ1n) is 6.95. The number of anilines is 1. The first-order valence-corrected chi connectivity index (χ1v) is 7.83. The quantitative estimate of drug-likeness (QED) is 0.946. The third kappa shape index (κ3) is 2.69. The van der Waals surface area contributed by atoms with Crippen LogP contribution >= 0.6 is 11.3 Å². The molecule has 5 nitrogen and oxygen atoms in total. The van der Waals surface area contributed by atoms with Gasteiger partial charge in [-0.1, -0.05) is 12.1 Å². The van der Waals surface area contributed by atoms with E-state index in [-0.39, 0.29) is 11.8 Å². The van der Waals surface area contributed by atoms with E-state index in [1.54, 1.807) is 24.9 Å². The first kappa shape index (κ1) is 14.6. The molecule has 1 N–H and O–H groups in total. The maximum Gasteiger partial charge on any atom is 0.267 e. The molecule has 2 heterocycles. The van der Waals surface area contributed by atoms with Gasteiger partial charge in [0.05, 0.1) is 10.6 Å². The number of rotatable bonds is 3. The molecule has 0 aliphatic carbocycles. The van der Waals surface area contributed by atoms with Crippen LogP contribution in [0.25, 0.3) is 0 Å². The van der Waals surface area contributed by atoms with E-state index in [0.29, 0.717) is 17.2 Å². The molecule has 1 unspecified atom stereocenters. The molecule has 0 fully saturated rings. The molecule has 0 saturated heterocycles. The van der Waals surface area contributed by atoms with Gasteiger partial charge in [-0.05, 0) is 36.1 Å². The van der Waals surface area contributed by atoms with Crippen molar-refractivity contribution < 1.29 is 14.3 Å². The number of ether oxygens (including phenoxy) is 1. The van der Waals surface area contributed by atoms with Crippen LogP contribution in [0.2, 0.25) is 0 Å². The third-order valence-corrected chi connectivity index (χ3v) is 4.43. The Morgan fingerprint density at radius 3 is 2.95 bits per heavy atom. The van der Waals surface area contributed by atoms with Crippen molar-refractivity contribution in [2.75, 3.05) is 11.9 Å². The number of carbonyl (C=O) groups is 2. The minimum absolute atomic E-state index is 0.0766. The molecule has 1 aromatic carbocycles. The summed E-state index contributed by atoms with van der Waals surface area (Å²) in [7, 11) is 1.73. The van der Waals surface area contributed by atoms with Crippen LogP contribution in [0.3, 0.4) is 0 Å². The van der Waals surface area contributed by atoms with Crippen LogP contribution < -0.4 is 15.0 Å². The Morgan fingerprint density at radius 1 is 1.41 bits per heavy atom. The zero-order chi connectivity index (χ0) is 15.7. The van der Waals surface area contributed by atoms with Gasteiger partial charge in [0.1, 0.15) is 5.75 Å². The summed E-state index contributed by atoms with van der Waals surface area (Å²) in [5, 5.41) is 4.74. The van der Waals surface area contributed by atoms with Gasteiger partial charge in [-0.3, -0.25) is 9.59 Å². The molecular formula is C16H16N2O3S. The van der Waals surface area contributed by atoms with Crippen LogP contribution in [0.1, 0.15) is 22.2 Å². The second kappa shape index (κ2) is 5.81. The van der Waals surface area contributed by atoms with E-state index in [2.05, 4.69) is 5.32 Å². The molecule has 1 aliphatic heterocycles. The number of nitrogens with one attached hydrogen (secondary N) is 1. The lowest BCUT2D eigenvalue weighted by molar-refractivity contribution is -0.125. The molecule has 2 amide bonds. The summed E-state index contributed by atoms with van der Waals surface area (Å²) >= 11 is 1.41. The fourth-order valence-corrected chi connectivity index (χ4v) is 2.98. The predicted octanol–water partition coefficient (Wildman–Crippen LogP) is 2.42.